The van der Waals surface area contributed by atoms with E-state index in [2.05, 4.69) is 0 Å². The van der Waals surface area contributed by atoms with E-state index in [0.29, 0.717) is 5.57 Å². The third-order valence-corrected chi connectivity index (χ3v) is 3.61. The fourth-order valence-corrected chi connectivity index (χ4v) is 2.60. The Kier molecular flexibility index (Phi) is 4.44. The van der Waals surface area contributed by atoms with Gasteiger partial charge < -0.3 is 15.3 Å². The third kappa shape index (κ3) is 3.70. The first kappa shape index (κ1) is 16.4. The summed E-state index contributed by atoms with van der Waals surface area (Å²) in [5, 5.41) is 28.2. The summed E-state index contributed by atoms with van der Waals surface area (Å²) in [6.07, 6.45) is 4.93. The predicted octanol–water partition coefficient (Wildman–Crippen LogP) is 2.07. The van der Waals surface area contributed by atoms with Gasteiger partial charge in [-0.15, -0.1) is 0 Å². The van der Waals surface area contributed by atoms with Crippen molar-refractivity contribution >= 4 is 11.9 Å². The molecule has 0 aliphatic heterocycles. The predicted molar refractivity (Wildman–Crippen MR) is 74.2 cm³/mol. The molecule has 0 aromatic heterocycles. The molecule has 0 heterocycles. The highest BCUT2D eigenvalue weighted by atomic mass is 16.4. The Morgan fingerprint density at radius 1 is 1.30 bits per heavy atom. The van der Waals surface area contributed by atoms with Gasteiger partial charge in [0.05, 0.1) is 5.60 Å². The van der Waals surface area contributed by atoms with Crippen molar-refractivity contribution in [3.05, 3.63) is 23.8 Å². The van der Waals surface area contributed by atoms with E-state index in [1.165, 1.54) is 0 Å². The van der Waals surface area contributed by atoms with Crippen molar-refractivity contribution < 1.29 is 24.9 Å². The fourth-order valence-electron chi connectivity index (χ4n) is 2.60. The van der Waals surface area contributed by atoms with Crippen LogP contribution in [-0.2, 0) is 9.59 Å². The maximum atomic E-state index is 10.9. The highest BCUT2D eigenvalue weighted by Gasteiger charge is 2.39. The van der Waals surface area contributed by atoms with Crippen LogP contribution in [0.25, 0.3) is 0 Å². The second kappa shape index (κ2) is 5.40. The highest BCUT2D eigenvalue weighted by molar-refractivity contribution is 5.93. The second-order valence-corrected chi connectivity index (χ2v) is 6.58. The number of rotatable bonds is 4. The van der Waals surface area contributed by atoms with E-state index in [1.807, 2.05) is 20.8 Å². The first-order valence-electron chi connectivity index (χ1n) is 6.53. The van der Waals surface area contributed by atoms with Crippen LogP contribution in [0, 0.1) is 17.3 Å². The van der Waals surface area contributed by atoms with Gasteiger partial charge in [0.15, 0.2) is 5.92 Å². The molecule has 0 amide bonds. The SMILES string of the molecule is CC(C)(C)C1C=C(CC(C(=O)O)C(=O)O)C=CC1(C)O. The lowest BCUT2D eigenvalue weighted by molar-refractivity contribution is -0.154. The van der Waals surface area contributed by atoms with Gasteiger partial charge in [-0.2, -0.15) is 0 Å². The molecule has 1 aliphatic carbocycles. The van der Waals surface area contributed by atoms with E-state index in [0.717, 1.165) is 0 Å². The largest absolute Gasteiger partial charge is 0.481 e. The van der Waals surface area contributed by atoms with Crippen molar-refractivity contribution in [3.8, 4) is 0 Å². The summed E-state index contributed by atoms with van der Waals surface area (Å²) in [6, 6.07) is 0. The average molecular weight is 282 g/mol. The monoisotopic (exact) mass is 282 g/mol. The number of carboxylic acid groups (broad SMARTS) is 2. The van der Waals surface area contributed by atoms with Crippen LogP contribution >= 0.6 is 0 Å². The first-order valence-corrected chi connectivity index (χ1v) is 6.53. The van der Waals surface area contributed by atoms with Crippen molar-refractivity contribution in [2.75, 3.05) is 0 Å². The van der Waals surface area contributed by atoms with E-state index in [1.54, 1.807) is 25.2 Å². The fraction of sp³-hybridized carbons (Fsp3) is 0.600. The Labute approximate surface area is 118 Å². The van der Waals surface area contributed by atoms with Gasteiger partial charge in [-0.25, -0.2) is 0 Å². The molecule has 2 unspecified atom stereocenters. The number of carbonyl (C=O) groups is 2. The molecule has 1 rings (SSSR count). The van der Waals surface area contributed by atoms with E-state index < -0.39 is 23.5 Å². The molecule has 5 nitrogen and oxygen atoms in total. The van der Waals surface area contributed by atoms with Crippen LogP contribution in [0.5, 0.6) is 0 Å². The maximum Gasteiger partial charge on any atom is 0.318 e. The van der Waals surface area contributed by atoms with Crippen molar-refractivity contribution in [2.24, 2.45) is 17.3 Å². The zero-order valence-corrected chi connectivity index (χ0v) is 12.3. The standard InChI is InChI=1S/C15H22O5/c1-14(2,3)11-8-9(5-6-15(11,4)20)7-10(12(16)17)13(18)19/h5-6,8,10-11,20H,7H2,1-4H3,(H,16,17)(H,18,19). The summed E-state index contributed by atoms with van der Waals surface area (Å²) in [4.78, 5) is 21.9. The van der Waals surface area contributed by atoms with E-state index in [4.69, 9.17) is 10.2 Å². The normalized spacial score (nSPS) is 26.5. The molecule has 0 fully saturated rings. The number of carboxylic acids is 2. The molecule has 112 valence electrons. The van der Waals surface area contributed by atoms with Crippen molar-refractivity contribution in [3.63, 3.8) is 0 Å². The van der Waals surface area contributed by atoms with Gasteiger partial charge in [0.25, 0.3) is 0 Å². The van der Waals surface area contributed by atoms with Gasteiger partial charge >= 0.3 is 11.9 Å². The number of aliphatic carboxylic acids is 2. The molecule has 0 saturated heterocycles. The molecule has 0 spiro atoms. The van der Waals surface area contributed by atoms with Crippen LogP contribution in [0.15, 0.2) is 23.8 Å². The molecule has 2 atom stereocenters. The zero-order chi connectivity index (χ0) is 15.7. The lowest BCUT2D eigenvalue weighted by atomic mass is 9.68. The molecule has 1 aliphatic rings. The van der Waals surface area contributed by atoms with Crippen LogP contribution in [0.4, 0.5) is 0 Å². The molecule has 0 radical (unpaired) electrons. The molecular formula is C15H22O5. The van der Waals surface area contributed by atoms with Crippen LogP contribution < -0.4 is 0 Å². The van der Waals surface area contributed by atoms with Crippen LogP contribution in [0.1, 0.15) is 34.1 Å². The van der Waals surface area contributed by atoms with Crippen LogP contribution in [0.2, 0.25) is 0 Å². The summed E-state index contributed by atoms with van der Waals surface area (Å²) in [7, 11) is 0. The molecule has 20 heavy (non-hydrogen) atoms. The minimum Gasteiger partial charge on any atom is -0.481 e. The van der Waals surface area contributed by atoms with Crippen molar-refractivity contribution in [1.82, 2.24) is 0 Å². The number of aliphatic hydroxyl groups is 1. The average Bonchev–Trinajstić information content (AvgIpc) is 2.24. The minimum absolute atomic E-state index is 0.0795. The van der Waals surface area contributed by atoms with Crippen LogP contribution in [0.3, 0.4) is 0 Å². The smallest absolute Gasteiger partial charge is 0.318 e. The molecule has 3 N–H and O–H groups in total. The summed E-state index contributed by atoms with van der Waals surface area (Å²) < 4.78 is 0. The van der Waals surface area contributed by atoms with Crippen molar-refractivity contribution in [1.29, 1.82) is 0 Å². The maximum absolute atomic E-state index is 10.9. The molecule has 0 aromatic rings. The third-order valence-electron chi connectivity index (χ3n) is 3.61. The molecule has 0 saturated carbocycles. The Morgan fingerprint density at radius 3 is 2.20 bits per heavy atom. The summed E-state index contributed by atoms with van der Waals surface area (Å²) in [5.74, 6) is -4.37. The van der Waals surface area contributed by atoms with Gasteiger partial charge in [0.1, 0.15) is 0 Å². The summed E-state index contributed by atoms with van der Waals surface area (Å²) in [5.41, 5.74) is -0.614. The molecule has 5 heteroatoms. The Hall–Kier alpha value is -1.62. The minimum atomic E-state index is -1.46. The lowest BCUT2D eigenvalue weighted by Gasteiger charge is -2.40. The van der Waals surface area contributed by atoms with Gasteiger partial charge in [-0.05, 0) is 18.8 Å². The van der Waals surface area contributed by atoms with E-state index in [9.17, 15) is 14.7 Å². The Bertz CT molecular complexity index is 451. The second-order valence-electron chi connectivity index (χ2n) is 6.58. The van der Waals surface area contributed by atoms with E-state index in [-0.39, 0.29) is 17.8 Å². The summed E-state index contributed by atoms with van der Waals surface area (Å²) in [6.45, 7) is 7.63. The van der Waals surface area contributed by atoms with Gasteiger partial charge in [0.2, 0.25) is 0 Å². The Balaban J connectivity index is 3.03. The van der Waals surface area contributed by atoms with Gasteiger partial charge in [0, 0.05) is 5.92 Å². The van der Waals surface area contributed by atoms with E-state index >= 15 is 0 Å². The number of allylic oxidation sites excluding steroid dienone is 2. The van der Waals surface area contributed by atoms with Gasteiger partial charge in [-0.1, -0.05) is 44.6 Å². The quantitative estimate of drug-likeness (QED) is 0.686. The molecule has 0 aromatic carbocycles. The molecule has 0 bridgehead atoms. The highest BCUT2D eigenvalue weighted by Crippen LogP contribution is 2.40. The number of hydrogen-bond donors (Lipinski definition) is 3. The summed E-state index contributed by atoms with van der Waals surface area (Å²) >= 11 is 0. The molecular weight excluding hydrogens is 260 g/mol. The zero-order valence-electron chi connectivity index (χ0n) is 12.3. The Morgan fingerprint density at radius 2 is 1.80 bits per heavy atom. The topological polar surface area (TPSA) is 94.8 Å². The number of hydrogen-bond acceptors (Lipinski definition) is 3. The lowest BCUT2D eigenvalue weighted by Crippen LogP contribution is -2.41. The first-order chi connectivity index (χ1) is 8.95. The van der Waals surface area contributed by atoms with Crippen molar-refractivity contribution in [2.45, 2.75) is 39.7 Å². The van der Waals surface area contributed by atoms with Crippen LogP contribution in [-0.4, -0.2) is 32.9 Å². The van der Waals surface area contributed by atoms with Gasteiger partial charge in [-0.3, -0.25) is 9.59 Å².